The van der Waals surface area contributed by atoms with Crippen molar-refractivity contribution in [3.05, 3.63) is 71.4 Å². The Labute approximate surface area is 201 Å². The minimum atomic E-state index is 0. The standard InChI is InChI=1S/C23H31N5O2.HI/c1-18-16-19(2)28(27-18)14-5-12-24-23(25-13-11-22-6-4-15-30-22)26-17-20-7-9-21(29-3)10-8-20;/h4,6-10,15-16H,5,11-14,17H2,1-3H3,(H2,24,25,26);1H. The zero-order chi connectivity index (χ0) is 21.2. The molecule has 0 aliphatic rings. The first-order valence-electron chi connectivity index (χ1n) is 10.3. The van der Waals surface area contributed by atoms with E-state index in [2.05, 4.69) is 33.4 Å². The molecular weight excluding hydrogens is 505 g/mol. The largest absolute Gasteiger partial charge is 0.497 e. The van der Waals surface area contributed by atoms with E-state index in [0.717, 1.165) is 61.2 Å². The van der Waals surface area contributed by atoms with E-state index >= 15 is 0 Å². The van der Waals surface area contributed by atoms with Gasteiger partial charge in [-0.1, -0.05) is 12.1 Å². The number of aromatic nitrogens is 2. The molecule has 2 aromatic heterocycles. The molecule has 0 unspecified atom stereocenters. The van der Waals surface area contributed by atoms with E-state index in [1.54, 1.807) is 13.4 Å². The van der Waals surface area contributed by atoms with Crippen molar-refractivity contribution >= 4 is 29.9 Å². The van der Waals surface area contributed by atoms with Gasteiger partial charge >= 0.3 is 0 Å². The van der Waals surface area contributed by atoms with E-state index in [1.165, 1.54) is 5.69 Å². The normalized spacial score (nSPS) is 11.1. The van der Waals surface area contributed by atoms with Crippen LogP contribution < -0.4 is 15.4 Å². The SMILES string of the molecule is COc1ccc(CN=C(NCCCn2nc(C)cc2C)NCCc2ccco2)cc1.I. The number of nitrogens with one attached hydrogen (secondary N) is 2. The van der Waals surface area contributed by atoms with Gasteiger partial charge in [0.25, 0.3) is 0 Å². The molecule has 0 fully saturated rings. The van der Waals surface area contributed by atoms with Crippen LogP contribution >= 0.6 is 24.0 Å². The van der Waals surface area contributed by atoms with E-state index < -0.39 is 0 Å². The van der Waals surface area contributed by atoms with Gasteiger partial charge in [-0.25, -0.2) is 4.99 Å². The maximum Gasteiger partial charge on any atom is 0.191 e. The van der Waals surface area contributed by atoms with Gasteiger partial charge in [0.05, 0.1) is 25.6 Å². The third-order valence-electron chi connectivity index (χ3n) is 4.77. The summed E-state index contributed by atoms with van der Waals surface area (Å²) in [6.45, 7) is 7.15. The molecule has 0 saturated heterocycles. The van der Waals surface area contributed by atoms with E-state index in [9.17, 15) is 0 Å². The molecule has 0 bridgehead atoms. The average molecular weight is 537 g/mol. The summed E-state index contributed by atoms with van der Waals surface area (Å²) in [5.41, 5.74) is 3.38. The van der Waals surface area contributed by atoms with Crippen LogP contribution in [0.25, 0.3) is 0 Å². The van der Waals surface area contributed by atoms with Crippen molar-refractivity contribution in [2.45, 2.75) is 39.8 Å². The van der Waals surface area contributed by atoms with Crippen molar-refractivity contribution in [3.63, 3.8) is 0 Å². The van der Waals surface area contributed by atoms with Crippen molar-refractivity contribution in [2.75, 3.05) is 20.2 Å². The molecule has 0 spiro atoms. The molecule has 31 heavy (non-hydrogen) atoms. The predicted octanol–water partition coefficient (Wildman–Crippen LogP) is 4.09. The fourth-order valence-corrected chi connectivity index (χ4v) is 3.17. The van der Waals surface area contributed by atoms with Crippen LogP contribution in [0.4, 0.5) is 0 Å². The number of halogens is 1. The van der Waals surface area contributed by atoms with Gasteiger partial charge in [-0.15, -0.1) is 24.0 Å². The van der Waals surface area contributed by atoms with Crippen molar-refractivity contribution in [1.82, 2.24) is 20.4 Å². The predicted molar refractivity (Wildman–Crippen MR) is 134 cm³/mol. The lowest BCUT2D eigenvalue weighted by atomic mass is 10.2. The first-order chi connectivity index (χ1) is 14.6. The molecule has 0 aliphatic heterocycles. The second-order valence-electron chi connectivity index (χ2n) is 7.20. The third-order valence-corrected chi connectivity index (χ3v) is 4.77. The lowest BCUT2D eigenvalue weighted by molar-refractivity contribution is 0.414. The summed E-state index contributed by atoms with van der Waals surface area (Å²) in [4.78, 5) is 4.74. The molecular formula is C23H32IN5O2. The molecule has 2 heterocycles. The molecule has 7 nitrogen and oxygen atoms in total. The number of nitrogens with zero attached hydrogens (tertiary/aromatic N) is 3. The van der Waals surface area contributed by atoms with Gasteiger partial charge in [-0.2, -0.15) is 5.10 Å². The van der Waals surface area contributed by atoms with Crippen LogP contribution in [0.5, 0.6) is 5.75 Å². The molecule has 0 amide bonds. The van der Waals surface area contributed by atoms with Gasteiger partial charge in [-0.3, -0.25) is 4.68 Å². The van der Waals surface area contributed by atoms with Crippen LogP contribution in [-0.2, 0) is 19.5 Å². The Balaban J connectivity index is 0.00000341. The molecule has 2 N–H and O–H groups in total. The summed E-state index contributed by atoms with van der Waals surface area (Å²) in [5.74, 6) is 2.61. The van der Waals surface area contributed by atoms with Crippen LogP contribution in [-0.4, -0.2) is 35.9 Å². The molecule has 3 aromatic rings. The number of guanidine groups is 1. The van der Waals surface area contributed by atoms with Crippen molar-refractivity contribution in [3.8, 4) is 5.75 Å². The van der Waals surface area contributed by atoms with Crippen LogP contribution in [0.2, 0.25) is 0 Å². The molecule has 168 valence electrons. The highest BCUT2D eigenvalue weighted by molar-refractivity contribution is 14.0. The van der Waals surface area contributed by atoms with E-state index in [1.807, 2.05) is 43.3 Å². The van der Waals surface area contributed by atoms with Gasteiger partial charge in [0.15, 0.2) is 5.96 Å². The van der Waals surface area contributed by atoms with Gasteiger partial charge in [0.2, 0.25) is 0 Å². The summed E-state index contributed by atoms with van der Waals surface area (Å²) in [7, 11) is 1.67. The first kappa shape index (κ1) is 24.8. The molecule has 0 aliphatic carbocycles. The minimum Gasteiger partial charge on any atom is -0.497 e. The van der Waals surface area contributed by atoms with Crippen molar-refractivity contribution < 1.29 is 9.15 Å². The third kappa shape index (κ3) is 8.28. The number of hydrogen-bond acceptors (Lipinski definition) is 4. The maximum absolute atomic E-state index is 5.41. The highest BCUT2D eigenvalue weighted by Gasteiger charge is 2.03. The highest BCUT2D eigenvalue weighted by atomic mass is 127. The number of ether oxygens (including phenoxy) is 1. The van der Waals surface area contributed by atoms with Crippen LogP contribution in [0.1, 0.15) is 29.1 Å². The van der Waals surface area contributed by atoms with E-state index in [0.29, 0.717) is 6.54 Å². The zero-order valence-electron chi connectivity index (χ0n) is 18.4. The number of methoxy groups -OCH3 is 1. The minimum absolute atomic E-state index is 0. The fourth-order valence-electron chi connectivity index (χ4n) is 3.17. The number of aliphatic imine (C=N–C) groups is 1. The van der Waals surface area contributed by atoms with Gasteiger partial charge in [-0.05, 0) is 56.2 Å². The topological polar surface area (TPSA) is 76.6 Å². The zero-order valence-corrected chi connectivity index (χ0v) is 20.8. The monoisotopic (exact) mass is 537 g/mol. The van der Waals surface area contributed by atoms with Crippen molar-refractivity contribution in [1.29, 1.82) is 0 Å². The molecule has 0 atom stereocenters. The van der Waals surface area contributed by atoms with Crippen LogP contribution in [0.15, 0.2) is 58.1 Å². The second kappa shape index (κ2) is 13.0. The van der Waals surface area contributed by atoms with Gasteiger partial charge < -0.3 is 19.8 Å². The number of furan rings is 1. The van der Waals surface area contributed by atoms with Gasteiger partial charge in [0.1, 0.15) is 11.5 Å². The second-order valence-corrected chi connectivity index (χ2v) is 7.20. The molecule has 0 radical (unpaired) electrons. The lowest BCUT2D eigenvalue weighted by Crippen LogP contribution is -2.39. The Morgan fingerprint density at radius 1 is 1.13 bits per heavy atom. The number of benzene rings is 1. The fraction of sp³-hybridized carbons (Fsp3) is 0.391. The molecule has 8 heteroatoms. The quantitative estimate of drug-likeness (QED) is 0.176. The Hall–Kier alpha value is -2.49. The molecule has 1 aromatic carbocycles. The van der Waals surface area contributed by atoms with Crippen LogP contribution in [0.3, 0.4) is 0 Å². The summed E-state index contributed by atoms with van der Waals surface area (Å²) < 4.78 is 12.7. The Morgan fingerprint density at radius 2 is 1.90 bits per heavy atom. The van der Waals surface area contributed by atoms with Crippen molar-refractivity contribution in [2.24, 2.45) is 4.99 Å². The summed E-state index contributed by atoms with van der Waals surface area (Å²) in [5, 5.41) is 11.3. The van der Waals surface area contributed by atoms with E-state index in [-0.39, 0.29) is 24.0 Å². The number of aryl methyl sites for hydroxylation is 3. The summed E-state index contributed by atoms with van der Waals surface area (Å²) >= 11 is 0. The Kier molecular flexibility index (Phi) is 10.4. The lowest BCUT2D eigenvalue weighted by Gasteiger charge is -2.13. The van der Waals surface area contributed by atoms with E-state index in [4.69, 9.17) is 14.1 Å². The summed E-state index contributed by atoms with van der Waals surface area (Å²) in [6, 6.07) is 14.0. The molecule has 0 saturated carbocycles. The summed E-state index contributed by atoms with van der Waals surface area (Å²) in [6.07, 6.45) is 3.47. The van der Waals surface area contributed by atoms with Crippen LogP contribution in [0, 0.1) is 13.8 Å². The smallest absolute Gasteiger partial charge is 0.191 e. The first-order valence-corrected chi connectivity index (χ1v) is 10.3. The Morgan fingerprint density at radius 3 is 2.55 bits per heavy atom. The highest BCUT2D eigenvalue weighted by Crippen LogP contribution is 2.11. The van der Waals surface area contributed by atoms with Gasteiger partial charge in [0, 0.05) is 31.7 Å². The number of rotatable bonds is 10. The average Bonchev–Trinajstić information content (AvgIpc) is 3.38. The Bertz CT molecular complexity index is 920. The number of hydrogen-bond donors (Lipinski definition) is 2. The molecule has 3 rings (SSSR count). The maximum atomic E-state index is 5.41.